The second-order valence-corrected chi connectivity index (χ2v) is 7.53. The van der Waals surface area contributed by atoms with Gasteiger partial charge in [-0.1, -0.05) is 18.9 Å². The molecule has 0 unspecified atom stereocenters. The van der Waals surface area contributed by atoms with Crippen LogP contribution in [0, 0.1) is 10.1 Å². The SMILES string of the molecule is O=[N+]([O-])c1cccc(S(=O)(=O)NCCCN2CCCCCC2)c1. The molecule has 0 bridgehead atoms. The predicted octanol–water partition coefficient (Wildman–Crippen LogP) is 2.14. The Labute approximate surface area is 136 Å². The molecule has 8 heteroatoms. The smallest absolute Gasteiger partial charge is 0.270 e. The Bertz CT molecular complexity index is 625. The number of nitro groups is 1. The molecule has 1 aliphatic heterocycles. The van der Waals surface area contributed by atoms with Crippen molar-refractivity contribution in [3.63, 3.8) is 0 Å². The van der Waals surface area contributed by atoms with Crippen molar-refractivity contribution < 1.29 is 13.3 Å². The van der Waals surface area contributed by atoms with Crippen molar-refractivity contribution in [1.29, 1.82) is 0 Å². The molecular formula is C15H23N3O4S. The molecule has 0 spiro atoms. The van der Waals surface area contributed by atoms with E-state index >= 15 is 0 Å². The van der Waals surface area contributed by atoms with Gasteiger partial charge >= 0.3 is 0 Å². The lowest BCUT2D eigenvalue weighted by Crippen LogP contribution is -2.30. The third kappa shape index (κ3) is 5.56. The van der Waals surface area contributed by atoms with E-state index in [-0.39, 0.29) is 10.6 Å². The first-order valence-corrected chi connectivity index (χ1v) is 9.44. The molecule has 0 aromatic heterocycles. The lowest BCUT2D eigenvalue weighted by molar-refractivity contribution is -0.385. The first kappa shape index (κ1) is 17.8. The summed E-state index contributed by atoms with van der Waals surface area (Å²) in [5.41, 5.74) is -0.225. The van der Waals surface area contributed by atoms with Crippen LogP contribution in [0.2, 0.25) is 0 Å². The van der Waals surface area contributed by atoms with Crippen molar-refractivity contribution in [1.82, 2.24) is 9.62 Å². The molecule has 1 aliphatic rings. The Morgan fingerprint density at radius 1 is 1.17 bits per heavy atom. The van der Waals surface area contributed by atoms with Crippen molar-refractivity contribution in [3.8, 4) is 0 Å². The Morgan fingerprint density at radius 2 is 1.87 bits per heavy atom. The van der Waals surface area contributed by atoms with Gasteiger partial charge in [-0.15, -0.1) is 0 Å². The summed E-state index contributed by atoms with van der Waals surface area (Å²) in [6.45, 7) is 3.37. The predicted molar refractivity (Wildman–Crippen MR) is 87.8 cm³/mol. The molecule has 128 valence electrons. The van der Waals surface area contributed by atoms with Gasteiger partial charge < -0.3 is 4.90 Å². The number of nitrogens with zero attached hydrogens (tertiary/aromatic N) is 2. The van der Waals surface area contributed by atoms with E-state index in [4.69, 9.17) is 0 Å². The van der Waals surface area contributed by atoms with Crippen LogP contribution in [0.3, 0.4) is 0 Å². The third-order valence-corrected chi connectivity index (χ3v) is 5.44. The van der Waals surface area contributed by atoms with Crippen LogP contribution in [0.15, 0.2) is 29.2 Å². The minimum Gasteiger partial charge on any atom is -0.303 e. The molecule has 23 heavy (non-hydrogen) atoms. The molecule has 7 nitrogen and oxygen atoms in total. The molecule has 0 saturated carbocycles. The first-order valence-electron chi connectivity index (χ1n) is 7.95. The second-order valence-electron chi connectivity index (χ2n) is 5.76. The van der Waals surface area contributed by atoms with E-state index in [1.807, 2.05) is 0 Å². The zero-order chi connectivity index (χ0) is 16.7. The van der Waals surface area contributed by atoms with Gasteiger partial charge in [0.05, 0.1) is 9.82 Å². The van der Waals surface area contributed by atoms with E-state index in [0.29, 0.717) is 6.54 Å². The number of hydrogen-bond donors (Lipinski definition) is 1. The molecule has 0 aliphatic carbocycles. The largest absolute Gasteiger partial charge is 0.303 e. The molecule has 1 aromatic carbocycles. The van der Waals surface area contributed by atoms with E-state index in [1.54, 1.807) is 0 Å². The molecule has 0 radical (unpaired) electrons. The van der Waals surface area contributed by atoms with Crippen LogP contribution in [0.25, 0.3) is 0 Å². The van der Waals surface area contributed by atoms with Crippen LogP contribution in [0.4, 0.5) is 5.69 Å². The zero-order valence-electron chi connectivity index (χ0n) is 13.1. The molecular weight excluding hydrogens is 318 g/mol. The molecule has 1 aromatic rings. The van der Waals surface area contributed by atoms with E-state index in [9.17, 15) is 18.5 Å². The topological polar surface area (TPSA) is 92.5 Å². The van der Waals surface area contributed by atoms with Crippen LogP contribution in [0.5, 0.6) is 0 Å². The van der Waals surface area contributed by atoms with Gasteiger partial charge in [0.1, 0.15) is 0 Å². The highest BCUT2D eigenvalue weighted by molar-refractivity contribution is 7.89. The van der Waals surface area contributed by atoms with Gasteiger partial charge in [-0.25, -0.2) is 13.1 Å². The van der Waals surface area contributed by atoms with Crippen LogP contribution in [-0.4, -0.2) is 44.4 Å². The zero-order valence-corrected chi connectivity index (χ0v) is 13.9. The summed E-state index contributed by atoms with van der Waals surface area (Å²) in [6.07, 6.45) is 5.69. The number of hydrogen-bond acceptors (Lipinski definition) is 5. The molecule has 1 fully saturated rings. The first-order chi connectivity index (χ1) is 11.0. The van der Waals surface area contributed by atoms with E-state index < -0.39 is 14.9 Å². The summed E-state index contributed by atoms with van der Waals surface area (Å²) in [7, 11) is -3.70. The maximum Gasteiger partial charge on any atom is 0.270 e. The van der Waals surface area contributed by atoms with Gasteiger partial charge in [0.15, 0.2) is 0 Å². The van der Waals surface area contributed by atoms with Crippen LogP contribution in [0.1, 0.15) is 32.1 Å². The van der Waals surface area contributed by atoms with Crippen molar-refractivity contribution >= 4 is 15.7 Å². The van der Waals surface area contributed by atoms with Gasteiger partial charge in [0.2, 0.25) is 10.0 Å². The molecule has 1 saturated heterocycles. The normalized spacial score (nSPS) is 16.9. The second kappa shape index (κ2) is 8.37. The fourth-order valence-electron chi connectivity index (χ4n) is 2.72. The average Bonchev–Trinajstić information content (AvgIpc) is 2.80. The Hall–Kier alpha value is -1.51. The van der Waals surface area contributed by atoms with E-state index in [0.717, 1.165) is 32.1 Å². The molecule has 1 heterocycles. The number of nitrogens with one attached hydrogen (secondary N) is 1. The maximum atomic E-state index is 12.2. The Morgan fingerprint density at radius 3 is 2.52 bits per heavy atom. The maximum absolute atomic E-state index is 12.2. The Kier molecular flexibility index (Phi) is 6.49. The van der Waals surface area contributed by atoms with Crippen LogP contribution >= 0.6 is 0 Å². The molecule has 2 rings (SSSR count). The average molecular weight is 341 g/mol. The fourth-order valence-corrected chi connectivity index (χ4v) is 3.83. The summed E-state index contributed by atoms with van der Waals surface area (Å²) < 4.78 is 26.9. The van der Waals surface area contributed by atoms with Gasteiger partial charge in [-0.2, -0.15) is 0 Å². The van der Waals surface area contributed by atoms with Gasteiger partial charge in [0, 0.05) is 18.7 Å². The Balaban J connectivity index is 1.84. The summed E-state index contributed by atoms with van der Waals surface area (Å²) in [5, 5.41) is 10.7. The van der Waals surface area contributed by atoms with Gasteiger partial charge in [0.25, 0.3) is 5.69 Å². The molecule has 0 amide bonds. The minimum atomic E-state index is -3.70. The molecule has 1 N–H and O–H groups in total. The number of nitro benzene ring substituents is 1. The number of benzene rings is 1. The standard InChI is InChI=1S/C15H23N3O4S/c19-18(20)14-7-5-8-15(13-14)23(21,22)16-9-6-12-17-10-3-1-2-4-11-17/h5,7-8,13,16H,1-4,6,9-12H2. The van der Waals surface area contributed by atoms with Crippen molar-refractivity contribution in [2.45, 2.75) is 37.0 Å². The van der Waals surface area contributed by atoms with Crippen molar-refractivity contribution in [2.75, 3.05) is 26.2 Å². The highest BCUT2D eigenvalue weighted by Crippen LogP contribution is 2.17. The summed E-state index contributed by atoms with van der Waals surface area (Å²) in [6, 6.07) is 5.10. The lowest BCUT2D eigenvalue weighted by atomic mass is 10.2. The highest BCUT2D eigenvalue weighted by atomic mass is 32.2. The monoisotopic (exact) mass is 341 g/mol. The molecule has 0 atom stereocenters. The summed E-state index contributed by atoms with van der Waals surface area (Å²) >= 11 is 0. The third-order valence-electron chi connectivity index (χ3n) is 3.98. The quantitative estimate of drug-likeness (QED) is 0.466. The van der Waals surface area contributed by atoms with Crippen LogP contribution in [-0.2, 0) is 10.0 Å². The van der Waals surface area contributed by atoms with Gasteiger partial charge in [-0.3, -0.25) is 10.1 Å². The fraction of sp³-hybridized carbons (Fsp3) is 0.600. The van der Waals surface area contributed by atoms with E-state index in [1.165, 1.54) is 43.9 Å². The number of likely N-dealkylation sites (tertiary alicyclic amines) is 1. The van der Waals surface area contributed by atoms with E-state index in [2.05, 4.69) is 9.62 Å². The lowest BCUT2D eigenvalue weighted by Gasteiger charge is -2.19. The highest BCUT2D eigenvalue weighted by Gasteiger charge is 2.17. The summed E-state index contributed by atoms with van der Waals surface area (Å²) in [4.78, 5) is 12.4. The van der Waals surface area contributed by atoms with Gasteiger partial charge in [-0.05, 0) is 45.0 Å². The minimum absolute atomic E-state index is 0.0681. The number of rotatable bonds is 7. The van der Waals surface area contributed by atoms with Crippen LogP contribution < -0.4 is 4.72 Å². The van der Waals surface area contributed by atoms with Crippen molar-refractivity contribution in [3.05, 3.63) is 34.4 Å². The van der Waals surface area contributed by atoms with Crippen molar-refractivity contribution in [2.24, 2.45) is 0 Å². The number of non-ortho nitro benzene ring substituents is 1. The number of sulfonamides is 1. The summed E-state index contributed by atoms with van der Waals surface area (Å²) in [5.74, 6) is 0.